The minimum atomic E-state index is -0.921. The third-order valence-electron chi connectivity index (χ3n) is 1.62. The van der Waals surface area contributed by atoms with Crippen molar-refractivity contribution in [3.63, 3.8) is 0 Å². The number of aromatic nitrogens is 1. The van der Waals surface area contributed by atoms with Crippen molar-refractivity contribution >= 4 is 29.3 Å². The predicted molar refractivity (Wildman–Crippen MR) is 62.6 cm³/mol. The van der Waals surface area contributed by atoms with Crippen LogP contribution in [0.1, 0.15) is 5.56 Å². The molecule has 1 aromatic rings. The fourth-order valence-corrected chi connectivity index (χ4v) is 1.59. The second-order valence-corrected chi connectivity index (χ2v) is 4.17. The van der Waals surface area contributed by atoms with Crippen molar-refractivity contribution in [3.8, 4) is 0 Å². The summed E-state index contributed by atoms with van der Waals surface area (Å²) in [6.45, 7) is 1.88. The van der Waals surface area contributed by atoms with Crippen LogP contribution in [-0.4, -0.2) is 33.5 Å². The average Bonchev–Trinajstić information content (AvgIpc) is 2.16. The second-order valence-electron chi connectivity index (χ2n) is 3.19. The van der Waals surface area contributed by atoms with Gasteiger partial charge in [-0.15, -0.1) is 11.8 Å². The van der Waals surface area contributed by atoms with Crippen LogP contribution in [0.3, 0.4) is 0 Å². The number of rotatable bonds is 5. The number of nitrogens with zero attached hydrogens (tertiary/aromatic N) is 1. The van der Waals surface area contributed by atoms with Gasteiger partial charge in [0.15, 0.2) is 0 Å². The van der Waals surface area contributed by atoms with Crippen molar-refractivity contribution in [2.24, 2.45) is 0 Å². The number of carboxylic acid groups (broad SMARTS) is 1. The molecule has 0 fully saturated rings. The summed E-state index contributed by atoms with van der Waals surface area (Å²) in [4.78, 5) is 25.5. The number of carbonyl (C=O) groups is 2. The van der Waals surface area contributed by atoms with Crippen molar-refractivity contribution in [1.82, 2.24) is 4.98 Å². The van der Waals surface area contributed by atoms with E-state index in [4.69, 9.17) is 5.11 Å². The summed E-state index contributed by atoms with van der Waals surface area (Å²) in [6, 6.07) is 1.80. The average molecular weight is 240 g/mol. The van der Waals surface area contributed by atoms with Gasteiger partial charge in [0, 0.05) is 6.20 Å². The van der Waals surface area contributed by atoms with Gasteiger partial charge < -0.3 is 10.4 Å². The molecule has 1 aromatic heterocycles. The van der Waals surface area contributed by atoms with Gasteiger partial charge in [-0.1, -0.05) is 0 Å². The topological polar surface area (TPSA) is 79.3 Å². The molecular weight excluding hydrogens is 228 g/mol. The summed E-state index contributed by atoms with van der Waals surface area (Å²) in [6.07, 6.45) is 3.24. The van der Waals surface area contributed by atoms with Crippen LogP contribution in [0.5, 0.6) is 0 Å². The summed E-state index contributed by atoms with van der Waals surface area (Å²) in [5, 5.41) is 11.0. The molecule has 0 saturated carbocycles. The van der Waals surface area contributed by atoms with E-state index in [1.807, 2.05) is 6.92 Å². The van der Waals surface area contributed by atoms with Gasteiger partial charge in [-0.05, 0) is 18.6 Å². The number of hydrogen-bond donors (Lipinski definition) is 2. The van der Waals surface area contributed by atoms with Crippen LogP contribution in [-0.2, 0) is 9.59 Å². The lowest BCUT2D eigenvalue weighted by Gasteiger charge is -2.04. The van der Waals surface area contributed by atoms with E-state index in [2.05, 4.69) is 10.3 Å². The Morgan fingerprint density at radius 3 is 2.81 bits per heavy atom. The van der Waals surface area contributed by atoms with Crippen molar-refractivity contribution in [2.45, 2.75) is 6.92 Å². The van der Waals surface area contributed by atoms with E-state index in [0.717, 1.165) is 17.3 Å². The van der Waals surface area contributed by atoms with E-state index in [1.54, 1.807) is 18.5 Å². The number of carbonyl (C=O) groups excluding carboxylic acids is 1. The molecular formula is C10H12N2O3S. The SMILES string of the molecule is Cc1cncc(NC(=O)CSCC(=O)O)c1. The van der Waals surface area contributed by atoms with E-state index in [-0.39, 0.29) is 17.4 Å². The Morgan fingerprint density at radius 1 is 1.44 bits per heavy atom. The fourth-order valence-electron chi connectivity index (χ4n) is 1.05. The number of thioether (sulfide) groups is 1. The highest BCUT2D eigenvalue weighted by Gasteiger charge is 2.04. The van der Waals surface area contributed by atoms with Crippen LogP contribution in [0.25, 0.3) is 0 Å². The number of nitrogens with one attached hydrogen (secondary N) is 1. The van der Waals surface area contributed by atoms with Crippen LogP contribution in [0.2, 0.25) is 0 Å². The maximum Gasteiger partial charge on any atom is 0.313 e. The molecule has 0 saturated heterocycles. The molecule has 1 heterocycles. The normalized spacial score (nSPS) is 9.81. The highest BCUT2D eigenvalue weighted by molar-refractivity contribution is 8.00. The van der Waals surface area contributed by atoms with Crippen LogP contribution >= 0.6 is 11.8 Å². The summed E-state index contributed by atoms with van der Waals surface area (Å²) in [7, 11) is 0. The number of carboxylic acids is 1. The van der Waals surface area contributed by atoms with Gasteiger partial charge in [0.05, 0.1) is 23.4 Å². The summed E-state index contributed by atoms with van der Waals surface area (Å²) in [5.74, 6) is -1.09. The molecule has 0 unspecified atom stereocenters. The highest BCUT2D eigenvalue weighted by Crippen LogP contribution is 2.08. The van der Waals surface area contributed by atoms with Crippen molar-refractivity contribution in [3.05, 3.63) is 24.0 Å². The lowest BCUT2D eigenvalue weighted by Crippen LogP contribution is -2.15. The highest BCUT2D eigenvalue weighted by atomic mass is 32.2. The third-order valence-corrected chi connectivity index (χ3v) is 2.53. The zero-order valence-electron chi connectivity index (χ0n) is 8.77. The summed E-state index contributed by atoms with van der Waals surface area (Å²) < 4.78 is 0. The number of aryl methyl sites for hydroxylation is 1. The van der Waals surface area contributed by atoms with Gasteiger partial charge in [-0.3, -0.25) is 14.6 Å². The zero-order valence-corrected chi connectivity index (χ0v) is 9.58. The van der Waals surface area contributed by atoms with Gasteiger partial charge in [0.1, 0.15) is 0 Å². The number of pyridine rings is 1. The molecule has 6 heteroatoms. The summed E-state index contributed by atoms with van der Waals surface area (Å²) in [5.41, 5.74) is 1.58. The van der Waals surface area contributed by atoms with Crippen molar-refractivity contribution in [2.75, 3.05) is 16.8 Å². The Bertz CT molecular complexity index is 395. The van der Waals surface area contributed by atoms with E-state index in [1.165, 1.54) is 0 Å². The first-order valence-corrected chi connectivity index (χ1v) is 5.74. The van der Waals surface area contributed by atoms with Gasteiger partial charge >= 0.3 is 5.97 Å². The largest absolute Gasteiger partial charge is 0.481 e. The van der Waals surface area contributed by atoms with Crippen LogP contribution in [0.4, 0.5) is 5.69 Å². The Morgan fingerprint density at radius 2 is 2.19 bits per heavy atom. The van der Waals surface area contributed by atoms with E-state index in [9.17, 15) is 9.59 Å². The number of hydrogen-bond acceptors (Lipinski definition) is 4. The molecule has 1 amide bonds. The molecule has 0 bridgehead atoms. The first kappa shape index (κ1) is 12.5. The Labute approximate surface area is 97.3 Å². The monoisotopic (exact) mass is 240 g/mol. The number of aliphatic carboxylic acids is 1. The van der Waals surface area contributed by atoms with Gasteiger partial charge in [0.25, 0.3) is 0 Å². The smallest absolute Gasteiger partial charge is 0.313 e. The molecule has 5 nitrogen and oxygen atoms in total. The molecule has 0 aromatic carbocycles. The minimum Gasteiger partial charge on any atom is -0.481 e. The van der Waals surface area contributed by atoms with E-state index < -0.39 is 5.97 Å². The minimum absolute atomic E-state index is 0.0700. The fraction of sp³-hybridized carbons (Fsp3) is 0.300. The number of anilines is 1. The standard InChI is InChI=1S/C10H12N2O3S/c1-7-2-8(4-11-3-7)12-9(13)5-16-6-10(14)15/h2-4H,5-6H2,1H3,(H,12,13)(H,14,15). The molecule has 0 aliphatic carbocycles. The molecule has 0 radical (unpaired) electrons. The second kappa shape index (κ2) is 6.12. The zero-order chi connectivity index (χ0) is 12.0. The molecule has 0 aliphatic heterocycles. The molecule has 16 heavy (non-hydrogen) atoms. The van der Waals surface area contributed by atoms with Crippen LogP contribution < -0.4 is 5.32 Å². The molecule has 0 aliphatic rings. The summed E-state index contributed by atoms with van der Waals surface area (Å²) >= 11 is 1.06. The maximum atomic E-state index is 11.4. The maximum absolute atomic E-state index is 11.4. The van der Waals surface area contributed by atoms with E-state index in [0.29, 0.717) is 5.69 Å². The quantitative estimate of drug-likeness (QED) is 0.807. The van der Waals surface area contributed by atoms with Crippen LogP contribution in [0, 0.1) is 6.92 Å². The third kappa shape index (κ3) is 4.79. The first-order chi connectivity index (χ1) is 7.58. The van der Waals surface area contributed by atoms with E-state index >= 15 is 0 Å². The lowest BCUT2D eigenvalue weighted by atomic mass is 10.3. The first-order valence-electron chi connectivity index (χ1n) is 4.59. The Balaban J connectivity index is 2.37. The molecule has 0 spiro atoms. The van der Waals surface area contributed by atoms with Crippen molar-refractivity contribution in [1.29, 1.82) is 0 Å². The lowest BCUT2D eigenvalue weighted by molar-refractivity contribution is -0.133. The van der Waals surface area contributed by atoms with Gasteiger partial charge in [0.2, 0.25) is 5.91 Å². The molecule has 1 rings (SSSR count). The van der Waals surface area contributed by atoms with Gasteiger partial charge in [-0.2, -0.15) is 0 Å². The van der Waals surface area contributed by atoms with Gasteiger partial charge in [-0.25, -0.2) is 0 Å². The molecule has 0 atom stereocenters. The van der Waals surface area contributed by atoms with Crippen molar-refractivity contribution < 1.29 is 14.7 Å². The molecule has 86 valence electrons. The Hall–Kier alpha value is -1.56. The molecule has 2 N–H and O–H groups in total. The number of amides is 1. The van der Waals surface area contributed by atoms with Crippen LogP contribution in [0.15, 0.2) is 18.5 Å². The predicted octanol–water partition coefficient (Wildman–Crippen LogP) is 1.15. The Kier molecular flexibility index (Phi) is 4.78.